The van der Waals surface area contributed by atoms with Crippen LogP contribution in [0.25, 0.3) is 0 Å². The fourth-order valence-electron chi connectivity index (χ4n) is 2.09. The van der Waals surface area contributed by atoms with Gasteiger partial charge in [-0.3, -0.25) is 0 Å². The normalized spacial score (nSPS) is 14.2. The molecule has 0 aromatic heterocycles. The molecule has 0 aliphatic carbocycles. The van der Waals surface area contributed by atoms with E-state index in [1.165, 1.54) is 13.2 Å². The highest BCUT2D eigenvalue weighted by Gasteiger charge is 2.20. The summed E-state index contributed by atoms with van der Waals surface area (Å²) in [4.78, 5) is 0. The summed E-state index contributed by atoms with van der Waals surface area (Å²) in [6.07, 6.45) is 1.01. The van der Waals surface area contributed by atoms with Crippen LogP contribution in [0.5, 0.6) is 5.75 Å². The Bertz CT molecular complexity index is 384. The van der Waals surface area contributed by atoms with E-state index in [9.17, 15) is 4.39 Å². The summed E-state index contributed by atoms with van der Waals surface area (Å²) >= 11 is 0. The van der Waals surface area contributed by atoms with Crippen LogP contribution in [0, 0.1) is 5.82 Å². The molecule has 0 fully saturated rings. The predicted molar refractivity (Wildman–Crippen MR) is 75.1 cm³/mol. The first-order valence-electron chi connectivity index (χ1n) is 6.82. The summed E-state index contributed by atoms with van der Waals surface area (Å²) in [6, 6.07) is 5.04. The molecular formula is C15H24FNO2. The number of ether oxygens (including phenoxy) is 2. The van der Waals surface area contributed by atoms with Gasteiger partial charge in [0.05, 0.1) is 19.3 Å². The number of methoxy groups -OCH3 is 1. The highest BCUT2D eigenvalue weighted by molar-refractivity contribution is 5.31. The van der Waals surface area contributed by atoms with Crippen LogP contribution in [0.3, 0.4) is 0 Å². The lowest BCUT2D eigenvalue weighted by Gasteiger charge is -2.25. The van der Waals surface area contributed by atoms with E-state index in [0.29, 0.717) is 6.61 Å². The van der Waals surface area contributed by atoms with E-state index in [1.54, 1.807) is 6.07 Å². The fourth-order valence-corrected chi connectivity index (χ4v) is 2.09. The Hall–Kier alpha value is -1.13. The van der Waals surface area contributed by atoms with Gasteiger partial charge in [0.15, 0.2) is 11.6 Å². The van der Waals surface area contributed by atoms with Crippen LogP contribution < -0.4 is 10.1 Å². The Labute approximate surface area is 115 Å². The molecule has 1 N–H and O–H groups in total. The van der Waals surface area contributed by atoms with Crippen LogP contribution in [-0.4, -0.2) is 26.4 Å². The van der Waals surface area contributed by atoms with Crippen molar-refractivity contribution >= 4 is 0 Å². The first-order valence-corrected chi connectivity index (χ1v) is 6.82. The maximum Gasteiger partial charge on any atom is 0.165 e. The van der Waals surface area contributed by atoms with E-state index in [4.69, 9.17) is 9.47 Å². The monoisotopic (exact) mass is 269 g/mol. The van der Waals surface area contributed by atoms with Gasteiger partial charge in [-0.1, -0.05) is 13.0 Å². The second-order valence-corrected chi connectivity index (χ2v) is 4.49. The molecule has 1 rings (SSSR count). The zero-order valence-electron chi connectivity index (χ0n) is 12.2. The zero-order valence-corrected chi connectivity index (χ0v) is 12.2. The molecule has 2 atom stereocenters. The molecule has 0 aliphatic rings. The van der Waals surface area contributed by atoms with E-state index in [0.717, 1.165) is 18.5 Å². The van der Waals surface area contributed by atoms with Crippen molar-refractivity contribution in [1.29, 1.82) is 0 Å². The van der Waals surface area contributed by atoms with Crippen molar-refractivity contribution in [3.05, 3.63) is 29.6 Å². The van der Waals surface area contributed by atoms with Crippen LogP contribution in [0.4, 0.5) is 4.39 Å². The standard InChI is InChI=1S/C15H24FNO2/c1-5-9-17-15(11(3)19-6-2)12-7-8-14(18-4)13(16)10-12/h7-8,10-11,15,17H,5-6,9H2,1-4H3. The SMILES string of the molecule is CCCNC(c1ccc(OC)c(F)c1)C(C)OCC. The fraction of sp³-hybridized carbons (Fsp3) is 0.600. The van der Waals surface area contributed by atoms with Gasteiger partial charge in [0.25, 0.3) is 0 Å². The average molecular weight is 269 g/mol. The molecule has 1 aromatic rings. The Morgan fingerprint density at radius 1 is 1.32 bits per heavy atom. The molecule has 0 saturated heterocycles. The lowest BCUT2D eigenvalue weighted by Crippen LogP contribution is -2.32. The van der Waals surface area contributed by atoms with E-state index in [1.807, 2.05) is 19.9 Å². The van der Waals surface area contributed by atoms with Crippen LogP contribution in [0.15, 0.2) is 18.2 Å². The Balaban J connectivity index is 2.92. The molecule has 0 amide bonds. The number of hydrogen-bond donors (Lipinski definition) is 1. The minimum Gasteiger partial charge on any atom is -0.494 e. The van der Waals surface area contributed by atoms with Crippen molar-refractivity contribution in [3.8, 4) is 5.75 Å². The van der Waals surface area contributed by atoms with Gasteiger partial charge in [-0.25, -0.2) is 4.39 Å². The van der Waals surface area contributed by atoms with Gasteiger partial charge in [-0.05, 0) is 44.5 Å². The maximum absolute atomic E-state index is 13.8. The average Bonchev–Trinajstić information content (AvgIpc) is 2.39. The van der Waals surface area contributed by atoms with E-state index in [2.05, 4.69) is 12.2 Å². The van der Waals surface area contributed by atoms with Gasteiger partial charge >= 0.3 is 0 Å². The highest BCUT2D eigenvalue weighted by Crippen LogP contribution is 2.25. The minimum absolute atomic E-state index is 0.00987. The van der Waals surface area contributed by atoms with Gasteiger partial charge in [0.1, 0.15) is 0 Å². The van der Waals surface area contributed by atoms with Crippen LogP contribution in [0.2, 0.25) is 0 Å². The third-order valence-corrected chi connectivity index (χ3v) is 3.05. The van der Waals surface area contributed by atoms with Gasteiger partial charge in [0, 0.05) is 6.61 Å². The number of benzene rings is 1. The summed E-state index contributed by atoms with van der Waals surface area (Å²) < 4.78 is 24.4. The maximum atomic E-state index is 13.8. The lowest BCUT2D eigenvalue weighted by atomic mass is 10.0. The molecule has 0 aliphatic heterocycles. The van der Waals surface area contributed by atoms with Gasteiger partial charge in [0.2, 0.25) is 0 Å². The summed E-state index contributed by atoms with van der Waals surface area (Å²) in [6.45, 7) is 7.57. The van der Waals surface area contributed by atoms with E-state index < -0.39 is 0 Å². The van der Waals surface area contributed by atoms with Gasteiger partial charge < -0.3 is 14.8 Å². The highest BCUT2D eigenvalue weighted by atomic mass is 19.1. The Kier molecular flexibility index (Phi) is 6.81. The molecule has 1 aromatic carbocycles. The van der Waals surface area contributed by atoms with E-state index in [-0.39, 0.29) is 23.7 Å². The van der Waals surface area contributed by atoms with Gasteiger partial charge in [-0.15, -0.1) is 0 Å². The van der Waals surface area contributed by atoms with Crippen molar-refractivity contribution in [2.75, 3.05) is 20.3 Å². The van der Waals surface area contributed by atoms with Crippen LogP contribution in [0.1, 0.15) is 38.8 Å². The molecular weight excluding hydrogens is 245 g/mol. The topological polar surface area (TPSA) is 30.5 Å². The Morgan fingerprint density at radius 3 is 2.58 bits per heavy atom. The number of rotatable bonds is 8. The first-order chi connectivity index (χ1) is 9.13. The number of hydrogen-bond acceptors (Lipinski definition) is 3. The summed E-state index contributed by atoms with van der Waals surface area (Å²) in [5, 5.41) is 3.40. The zero-order chi connectivity index (χ0) is 14.3. The third-order valence-electron chi connectivity index (χ3n) is 3.05. The molecule has 0 heterocycles. The molecule has 108 valence electrons. The van der Waals surface area contributed by atoms with Crippen molar-refractivity contribution in [3.63, 3.8) is 0 Å². The van der Waals surface area contributed by atoms with Gasteiger partial charge in [-0.2, -0.15) is 0 Å². The first kappa shape index (κ1) is 15.9. The minimum atomic E-state index is -0.341. The molecule has 4 heteroatoms. The summed E-state index contributed by atoms with van der Waals surface area (Å²) in [7, 11) is 1.47. The van der Waals surface area contributed by atoms with Crippen molar-refractivity contribution in [2.45, 2.75) is 39.3 Å². The number of halogens is 1. The second-order valence-electron chi connectivity index (χ2n) is 4.49. The van der Waals surface area contributed by atoms with Crippen molar-refractivity contribution < 1.29 is 13.9 Å². The summed E-state index contributed by atoms with van der Waals surface area (Å²) in [5.41, 5.74) is 0.882. The smallest absolute Gasteiger partial charge is 0.165 e. The molecule has 0 bridgehead atoms. The predicted octanol–water partition coefficient (Wildman–Crippen LogP) is 3.30. The molecule has 19 heavy (non-hydrogen) atoms. The number of nitrogens with one attached hydrogen (secondary N) is 1. The van der Waals surface area contributed by atoms with Crippen molar-refractivity contribution in [1.82, 2.24) is 5.32 Å². The van der Waals surface area contributed by atoms with Crippen LogP contribution >= 0.6 is 0 Å². The molecule has 0 saturated carbocycles. The molecule has 0 radical (unpaired) electrons. The molecule has 3 nitrogen and oxygen atoms in total. The largest absolute Gasteiger partial charge is 0.494 e. The third kappa shape index (κ3) is 4.48. The second kappa shape index (κ2) is 8.12. The van der Waals surface area contributed by atoms with Crippen molar-refractivity contribution in [2.24, 2.45) is 0 Å². The lowest BCUT2D eigenvalue weighted by molar-refractivity contribution is 0.0472. The van der Waals surface area contributed by atoms with E-state index >= 15 is 0 Å². The van der Waals surface area contributed by atoms with Crippen LogP contribution in [-0.2, 0) is 4.74 Å². The molecule has 2 unspecified atom stereocenters. The summed E-state index contributed by atoms with van der Waals surface area (Å²) in [5.74, 6) is -0.0750. The Morgan fingerprint density at radius 2 is 2.05 bits per heavy atom. The molecule has 0 spiro atoms. The quantitative estimate of drug-likeness (QED) is 0.785.